The van der Waals surface area contributed by atoms with Crippen molar-refractivity contribution in [2.24, 2.45) is 5.73 Å². The van der Waals surface area contributed by atoms with Crippen LogP contribution < -0.4 is 5.73 Å². The summed E-state index contributed by atoms with van der Waals surface area (Å²) in [6.45, 7) is 10.8. The Bertz CT molecular complexity index is 460. The normalized spacial score (nSPS) is 12.5. The first-order valence-corrected chi connectivity index (χ1v) is 7.03. The minimum absolute atomic E-state index is 0.101. The molecule has 2 heteroatoms. The highest BCUT2D eigenvalue weighted by atomic mass is 16.5. The molecule has 0 spiro atoms. The van der Waals surface area contributed by atoms with Gasteiger partial charge in [-0.1, -0.05) is 55.7 Å². The van der Waals surface area contributed by atoms with Gasteiger partial charge in [0.1, 0.15) is 0 Å². The molecule has 0 saturated carbocycles. The summed E-state index contributed by atoms with van der Waals surface area (Å²) in [5.41, 5.74) is 9.18. The molecule has 0 heterocycles. The van der Waals surface area contributed by atoms with Gasteiger partial charge >= 0.3 is 0 Å². The summed E-state index contributed by atoms with van der Waals surface area (Å²) < 4.78 is 5.38. The maximum Gasteiger partial charge on any atom is 0.0648 e. The minimum Gasteiger partial charge on any atom is -0.376 e. The van der Waals surface area contributed by atoms with Crippen molar-refractivity contribution >= 4 is 12.2 Å². The van der Waals surface area contributed by atoms with Gasteiger partial charge in [0.25, 0.3) is 0 Å². The molecular weight excluding hydrogens is 246 g/mol. The number of allylic oxidation sites excluding steroid dienone is 1. The molecule has 1 unspecified atom stereocenters. The first kappa shape index (κ1) is 16.4. The minimum atomic E-state index is 0.101. The van der Waals surface area contributed by atoms with Crippen molar-refractivity contribution in [3.05, 3.63) is 60.2 Å². The second-order valence-electron chi connectivity index (χ2n) is 4.90. The van der Waals surface area contributed by atoms with Crippen LogP contribution in [0.4, 0.5) is 0 Å². The van der Waals surface area contributed by atoms with Crippen LogP contribution in [0.1, 0.15) is 30.0 Å². The fraction of sp³-hybridized carbons (Fsp3) is 0.333. The second kappa shape index (κ2) is 9.29. The van der Waals surface area contributed by atoms with Gasteiger partial charge in [-0.25, -0.2) is 0 Å². The number of hydrogen-bond acceptors (Lipinski definition) is 2. The molecule has 0 aromatic heterocycles. The lowest BCUT2D eigenvalue weighted by atomic mass is 10.0. The largest absolute Gasteiger partial charge is 0.376 e. The molecule has 1 aromatic rings. The number of ether oxygens (including phenoxy) is 1. The van der Waals surface area contributed by atoms with Crippen LogP contribution >= 0.6 is 0 Å². The second-order valence-corrected chi connectivity index (χ2v) is 4.90. The summed E-state index contributed by atoms with van der Waals surface area (Å²) >= 11 is 0. The predicted octanol–water partition coefficient (Wildman–Crippen LogP) is 3.83. The molecule has 0 aliphatic heterocycles. The lowest BCUT2D eigenvalue weighted by molar-refractivity contribution is 0.151. The van der Waals surface area contributed by atoms with E-state index in [9.17, 15) is 0 Å². The quantitative estimate of drug-likeness (QED) is 0.547. The Labute approximate surface area is 122 Å². The maximum atomic E-state index is 5.60. The molecule has 108 valence electrons. The van der Waals surface area contributed by atoms with E-state index >= 15 is 0 Å². The average molecular weight is 271 g/mol. The molecule has 2 nitrogen and oxygen atoms in total. The molecular formula is C18H25NO. The monoisotopic (exact) mass is 271 g/mol. The van der Waals surface area contributed by atoms with E-state index < -0.39 is 0 Å². The van der Waals surface area contributed by atoms with Crippen LogP contribution in [0.25, 0.3) is 12.2 Å². The summed E-state index contributed by atoms with van der Waals surface area (Å²) in [6.07, 6.45) is 9.95. The van der Waals surface area contributed by atoms with Gasteiger partial charge in [-0.2, -0.15) is 0 Å². The highest BCUT2D eigenvalue weighted by Gasteiger charge is 1.98. The van der Waals surface area contributed by atoms with E-state index in [1.54, 1.807) is 0 Å². The van der Waals surface area contributed by atoms with Gasteiger partial charge in [-0.15, -0.1) is 0 Å². The number of nitrogens with two attached hydrogens (primary N) is 1. The standard InChI is InChI=1S/C18H25NO/c1-4-17-11-10-16(13-18(17)5-2)9-7-6-8-12-20-14-15(3)19/h4-6,8,10-11,13,15H,1-2,7,9,12,14,19H2,3H3/b8-6+. The van der Waals surface area contributed by atoms with Crippen molar-refractivity contribution < 1.29 is 4.74 Å². The van der Waals surface area contributed by atoms with E-state index in [-0.39, 0.29) is 6.04 Å². The van der Waals surface area contributed by atoms with E-state index in [4.69, 9.17) is 10.5 Å². The third-order valence-electron chi connectivity index (χ3n) is 2.95. The summed E-state index contributed by atoms with van der Waals surface area (Å²) in [5.74, 6) is 0. The van der Waals surface area contributed by atoms with Gasteiger partial charge in [0, 0.05) is 6.04 Å². The van der Waals surface area contributed by atoms with Crippen LogP contribution in [-0.2, 0) is 11.2 Å². The Hall–Kier alpha value is -1.64. The van der Waals surface area contributed by atoms with Gasteiger partial charge in [0.05, 0.1) is 13.2 Å². The fourth-order valence-electron chi connectivity index (χ4n) is 1.90. The number of rotatable bonds is 9. The van der Waals surface area contributed by atoms with E-state index in [1.165, 1.54) is 5.56 Å². The van der Waals surface area contributed by atoms with E-state index in [2.05, 4.69) is 43.5 Å². The topological polar surface area (TPSA) is 35.2 Å². The fourth-order valence-corrected chi connectivity index (χ4v) is 1.90. The molecule has 1 atom stereocenters. The van der Waals surface area contributed by atoms with E-state index in [1.807, 2.05) is 19.1 Å². The Morgan fingerprint density at radius 3 is 2.60 bits per heavy atom. The first-order valence-electron chi connectivity index (χ1n) is 7.03. The van der Waals surface area contributed by atoms with Gasteiger partial charge in [-0.05, 0) is 36.5 Å². The zero-order valence-electron chi connectivity index (χ0n) is 12.3. The highest BCUT2D eigenvalue weighted by molar-refractivity contribution is 5.64. The van der Waals surface area contributed by atoms with Crippen LogP contribution in [-0.4, -0.2) is 19.3 Å². The van der Waals surface area contributed by atoms with Crippen LogP contribution in [0, 0.1) is 0 Å². The molecule has 0 aliphatic carbocycles. The summed E-state index contributed by atoms with van der Waals surface area (Å²) in [6, 6.07) is 6.51. The molecule has 0 fully saturated rings. The predicted molar refractivity (Wildman–Crippen MR) is 88.6 cm³/mol. The summed E-state index contributed by atoms with van der Waals surface area (Å²) in [7, 11) is 0. The van der Waals surface area contributed by atoms with Crippen molar-refractivity contribution in [1.82, 2.24) is 0 Å². The highest BCUT2D eigenvalue weighted by Crippen LogP contribution is 2.16. The Balaban J connectivity index is 2.36. The third kappa shape index (κ3) is 6.00. The molecule has 0 aliphatic rings. The summed E-state index contributed by atoms with van der Waals surface area (Å²) in [5, 5.41) is 0. The van der Waals surface area contributed by atoms with Crippen LogP contribution in [0.2, 0.25) is 0 Å². The van der Waals surface area contributed by atoms with Crippen LogP contribution in [0.3, 0.4) is 0 Å². The zero-order valence-corrected chi connectivity index (χ0v) is 12.3. The van der Waals surface area contributed by atoms with Crippen molar-refractivity contribution in [2.45, 2.75) is 25.8 Å². The van der Waals surface area contributed by atoms with Gasteiger partial charge in [0.2, 0.25) is 0 Å². The Morgan fingerprint density at radius 2 is 1.95 bits per heavy atom. The molecule has 0 amide bonds. The first-order chi connectivity index (χ1) is 9.67. The van der Waals surface area contributed by atoms with Crippen LogP contribution in [0.15, 0.2) is 43.5 Å². The van der Waals surface area contributed by atoms with Gasteiger partial charge in [0.15, 0.2) is 0 Å². The SMILES string of the molecule is C=Cc1ccc(CC/C=C/COCC(C)N)cc1C=C. The lowest BCUT2D eigenvalue weighted by Gasteiger charge is -2.05. The molecule has 2 N–H and O–H groups in total. The molecule has 0 saturated heterocycles. The van der Waals surface area contributed by atoms with Gasteiger partial charge in [-0.3, -0.25) is 0 Å². The van der Waals surface area contributed by atoms with E-state index in [0.717, 1.165) is 24.0 Å². The molecule has 20 heavy (non-hydrogen) atoms. The lowest BCUT2D eigenvalue weighted by Crippen LogP contribution is -2.21. The molecule has 1 aromatic carbocycles. The Kier molecular flexibility index (Phi) is 7.63. The van der Waals surface area contributed by atoms with Crippen molar-refractivity contribution in [1.29, 1.82) is 0 Å². The smallest absolute Gasteiger partial charge is 0.0648 e. The maximum absolute atomic E-state index is 5.60. The van der Waals surface area contributed by atoms with Gasteiger partial charge < -0.3 is 10.5 Å². The van der Waals surface area contributed by atoms with Crippen molar-refractivity contribution in [3.8, 4) is 0 Å². The van der Waals surface area contributed by atoms with E-state index in [0.29, 0.717) is 13.2 Å². The number of hydrogen-bond donors (Lipinski definition) is 1. The molecule has 0 radical (unpaired) electrons. The zero-order chi connectivity index (χ0) is 14.8. The van der Waals surface area contributed by atoms with Crippen molar-refractivity contribution in [3.63, 3.8) is 0 Å². The molecule has 0 bridgehead atoms. The van der Waals surface area contributed by atoms with Crippen LogP contribution in [0.5, 0.6) is 0 Å². The molecule has 1 rings (SSSR count). The number of aryl methyl sites for hydroxylation is 1. The Morgan fingerprint density at radius 1 is 1.20 bits per heavy atom. The average Bonchev–Trinajstić information content (AvgIpc) is 2.45. The third-order valence-corrected chi connectivity index (χ3v) is 2.95. The summed E-state index contributed by atoms with van der Waals surface area (Å²) in [4.78, 5) is 0. The van der Waals surface area contributed by atoms with Crippen molar-refractivity contribution in [2.75, 3.05) is 13.2 Å². The number of benzene rings is 1.